The summed E-state index contributed by atoms with van der Waals surface area (Å²) in [7, 11) is 0. The van der Waals surface area contributed by atoms with Gasteiger partial charge in [-0.15, -0.1) is 0 Å². The van der Waals surface area contributed by atoms with E-state index in [2.05, 4.69) is 11.1 Å². The minimum Gasteiger partial charge on any atom is -0.490 e. The van der Waals surface area contributed by atoms with Crippen LogP contribution in [0.2, 0.25) is 0 Å². The van der Waals surface area contributed by atoms with Crippen LogP contribution in [-0.2, 0) is 0 Å². The lowest BCUT2D eigenvalue weighted by molar-refractivity contribution is 0.224. The quantitative estimate of drug-likeness (QED) is 0.738. The lowest BCUT2D eigenvalue weighted by Crippen LogP contribution is -2.07. The monoisotopic (exact) mass is 308 g/mol. The van der Waals surface area contributed by atoms with Crippen molar-refractivity contribution in [2.45, 2.75) is 26.9 Å². The summed E-state index contributed by atoms with van der Waals surface area (Å²) >= 11 is 0. The Morgan fingerprint density at radius 3 is 2.48 bits per heavy atom. The van der Waals surface area contributed by atoms with E-state index < -0.39 is 0 Å². The summed E-state index contributed by atoms with van der Waals surface area (Å²) in [5.41, 5.74) is 2.34. The van der Waals surface area contributed by atoms with Crippen molar-refractivity contribution in [1.82, 2.24) is 0 Å². The van der Waals surface area contributed by atoms with E-state index in [-0.39, 0.29) is 6.10 Å². The predicted octanol–water partition coefficient (Wildman–Crippen LogP) is 4.49. The molecule has 23 heavy (non-hydrogen) atoms. The van der Waals surface area contributed by atoms with E-state index in [1.54, 1.807) is 18.3 Å². The van der Waals surface area contributed by atoms with Crippen molar-refractivity contribution < 1.29 is 9.47 Å². The maximum absolute atomic E-state index is 8.79. The Kier molecular flexibility index (Phi) is 5.76. The molecular weight excluding hydrogens is 288 g/mol. The summed E-state index contributed by atoms with van der Waals surface area (Å²) < 4.78 is 11.4. The second-order valence-corrected chi connectivity index (χ2v) is 5.22. The number of hydrogen-bond donors (Lipinski definition) is 0. The zero-order valence-electron chi connectivity index (χ0n) is 13.6. The first-order chi connectivity index (χ1) is 11.1. The van der Waals surface area contributed by atoms with E-state index in [1.807, 2.05) is 51.1 Å². The summed E-state index contributed by atoms with van der Waals surface area (Å²) in [4.78, 5) is 4.41. The highest BCUT2D eigenvalue weighted by atomic mass is 16.5. The average Bonchev–Trinajstić information content (AvgIpc) is 2.55. The van der Waals surface area contributed by atoms with E-state index in [4.69, 9.17) is 14.7 Å². The van der Waals surface area contributed by atoms with Gasteiger partial charge in [-0.3, -0.25) is 4.99 Å². The van der Waals surface area contributed by atoms with Crippen molar-refractivity contribution >= 4 is 11.9 Å². The number of rotatable bonds is 6. The number of benzene rings is 2. The molecule has 0 aliphatic carbocycles. The molecule has 0 spiro atoms. The van der Waals surface area contributed by atoms with Gasteiger partial charge in [0.15, 0.2) is 11.5 Å². The number of aliphatic imine (C=N–C) groups is 1. The van der Waals surface area contributed by atoms with E-state index in [1.165, 1.54) is 0 Å². The normalized spacial score (nSPS) is 10.7. The van der Waals surface area contributed by atoms with Gasteiger partial charge < -0.3 is 9.47 Å². The predicted molar refractivity (Wildman–Crippen MR) is 91.8 cm³/mol. The second-order valence-electron chi connectivity index (χ2n) is 5.22. The van der Waals surface area contributed by atoms with Gasteiger partial charge in [-0.2, -0.15) is 5.26 Å². The molecule has 0 atom stereocenters. The molecule has 0 amide bonds. The van der Waals surface area contributed by atoms with Gasteiger partial charge in [-0.25, -0.2) is 0 Å². The van der Waals surface area contributed by atoms with Gasteiger partial charge in [0, 0.05) is 6.21 Å². The van der Waals surface area contributed by atoms with Gasteiger partial charge in [0.05, 0.1) is 30.0 Å². The van der Waals surface area contributed by atoms with Crippen LogP contribution in [-0.4, -0.2) is 18.9 Å². The number of hydrogen-bond acceptors (Lipinski definition) is 4. The highest BCUT2D eigenvalue weighted by Crippen LogP contribution is 2.29. The minimum atomic E-state index is 0.0902. The fraction of sp³-hybridized carbons (Fsp3) is 0.263. The Balaban J connectivity index is 2.20. The Hall–Kier alpha value is -2.80. The summed E-state index contributed by atoms with van der Waals surface area (Å²) in [6.45, 7) is 6.48. The van der Waals surface area contributed by atoms with Crippen LogP contribution < -0.4 is 9.47 Å². The van der Waals surface area contributed by atoms with Crippen molar-refractivity contribution in [2.24, 2.45) is 4.99 Å². The summed E-state index contributed by atoms with van der Waals surface area (Å²) in [5, 5.41) is 8.79. The maximum atomic E-state index is 8.79. The fourth-order valence-electron chi connectivity index (χ4n) is 2.00. The molecule has 2 aromatic carbocycles. The molecule has 0 radical (unpaired) electrons. The minimum absolute atomic E-state index is 0.0902. The molecule has 0 saturated heterocycles. The Labute approximate surface area is 137 Å². The van der Waals surface area contributed by atoms with Crippen molar-refractivity contribution in [3.8, 4) is 17.6 Å². The topological polar surface area (TPSA) is 54.6 Å². The first-order valence-electron chi connectivity index (χ1n) is 7.60. The fourth-order valence-corrected chi connectivity index (χ4v) is 2.00. The Morgan fingerprint density at radius 2 is 1.87 bits per heavy atom. The van der Waals surface area contributed by atoms with E-state index >= 15 is 0 Å². The largest absolute Gasteiger partial charge is 0.490 e. The van der Waals surface area contributed by atoms with Crippen molar-refractivity contribution in [2.75, 3.05) is 6.61 Å². The molecule has 0 fully saturated rings. The van der Waals surface area contributed by atoms with Crippen molar-refractivity contribution in [3.63, 3.8) is 0 Å². The first kappa shape index (κ1) is 16.6. The van der Waals surface area contributed by atoms with Gasteiger partial charge in [-0.05, 0) is 68.8 Å². The first-order valence-corrected chi connectivity index (χ1v) is 7.60. The lowest BCUT2D eigenvalue weighted by atomic mass is 10.2. The van der Waals surface area contributed by atoms with E-state index in [0.717, 1.165) is 17.0 Å². The van der Waals surface area contributed by atoms with Crippen LogP contribution in [0.15, 0.2) is 47.5 Å². The van der Waals surface area contributed by atoms with Crippen LogP contribution in [0.4, 0.5) is 5.69 Å². The van der Waals surface area contributed by atoms with Gasteiger partial charge in [0.1, 0.15) is 0 Å². The molecule has 0 aromatic heterocycles. The van der Waals surface area contributed by atoms with Crippen molar-refractivity contribution in [1.29, 1.82) is 5.26 Å². The number of ether oxygens (including phenoxy) is 2. The average molecular weight is 308 g/mol. The molecule has 2 aromatic rings. The maximum Gasteiger partial charge on any atom is 0.161 e. The zero-order chi connectivity index (χ0) is 16.7. The standard InChI is InChI=1S/C19H20N2O2/c1-4-22-19-11-16(7-10-18(19)23-14(2)3)13-21-17-8-5-15(12-20)6-9-17/h5-11,13-14H,4H2,1-3H3. The molecule has 0 unspecified atom stereocenters. The third-order valence-electron chi connectivity index (χ3n) is 2.99. The summed E-state index contributed by atoms with van der Waals surface area (Å²) in [6, 6.07) is 15.0. The third-order valence-corrected chi connectivity index (χ3v) is 2.99. The van der Waals surface area contributed by atoms with Crippen LogP contribution in [0.1, 0.15) is 31.9 Å². The molecule has 0 heterocycles. The van der Waals surface area contributed by atoms with Gasteiger partial charge in [-0.1, -0.05) is 0 Å². The molecule has 0 N–H and O–H groups in total. The van der Waals surface area contributed by atoms with Crippen LogP contribution in [0.25, 0.3) is 0 Å². The Bertz CT molecular complexity index is 713. The van der Waals surface area contributed by atoms with E-state index in [0.29, 0.717) is 17.9 Å². The van der Waals surface area contributed by atoms with Gasteiger partial charge in [0.25, 0.3) is 0 Å². The highest BCUT2D eigenvalue weighted by Gasteiger charge is 2.07. The SMILES string of the molecule is CCOc1cc(C=Nc2ccc(C#N)cc2)ccc1OC(C)C. The van der Waals surface area contributed by atoms with Gasteiger partial charge >= 0.3 is 0 Å². The smallest absolute Gasteiger partial charge is 0.161 e. The molecule has 0 aliphatic heterocycles. The van der Waals surface area contributed by atoms with Crippen LogP contribution in [0.3, 0.4) is 0 Å². The summed E-state index contributed by atoms with van der Waals surface area (Å²) in [5.74, 6) is 1.45. The number of nitrogens with zero attached hydrogens (tertiary/aromatic N) is 2. The molecule has 2 rings (SSSR count). The molecule has 118 valence electrons. The lowest BCUT2D eigenvalue weighted by Gasteiger charge is -2.14. The molecular formula is C19H20N2O2. The molecule has 0 aliphatic rings. The molecule has 4 heteroatoms. The highest BCUT2D eigenvalue weighted by molar-refractivity contribution is 5.83. The number of nitriles is 1. The molecule has 4 nitrogen and oxygen atoms in total. The third kappa shape index (κ3) is 4.86. The van der Waals surface area contributed by atoms with Crippen LogP contribution >= 0.6 is 0 Å². The van der Waals surface area contributed by atoms with E-state index in [9.17, 15) is 0 Å². The summed E-state index contributed by atoms with van der Waals surface area (Å²) in [6.07, 6.45) is 1.86. The molecule has 0 saturated carbocycles. The van der Waals surface area contributed by atoms with Crippen LogP contribution in [0.5, 0.6) is 11.5 Å². The van der Waals surface area contributed by atoms with Gasteiger partial charge in [0.2, 0.25) is 0 Å². The second kappa shape index (κ2) is 8.00. The van der Waals surface area contributed by atoms with Crippen molar-refractivity contribution in [3.05, 3.63) is 53.6 Å². The Morgan fingerprint density at radius 1 is 1.13 bits per heavy atom. The van der Waals surface area contributed by atoms with Crippen LogP contribution in [0, 0.1) is 11.3 Å². The molecule has 0 bridgehead atoms. The zero-order valence-corrected chi connectivity index (χ0v) is 13.6.